The highest BCUT2D eigenvalue weighted by molar-refractivity contribution is 6.34. The number of ether oxygens (including phenoxy) is 1. The number of anilines is 1. The van der Waals surface area contributed by atoms with E-state index in [0.717, 1.165) is 11.3 Å². The van der Waals surface area contributed by atoms with Gasteiger partial charge in [-0.3, -0.25) is 9.59 Å². The zero-order valence-electron chi connectivity index (χ0n) is 17.0. The Morgan fingerprint density at radius 3 is 2.59 bits per heavy atom. The molecule has 0 saturated carbocycles. The van der Waals surface area contributed by atoms with Gasteiger partial charge in [0.2, 0.25) is 5.91 Å². The fourth-order valence-electron chi connectivity index (χ4n) is 2.51. The predicted molar refractivity (Wildman–Crippen MR) is 117 cm³/mol. The summed E-state index contributed by atoms with van der Waals surface area (Å²) >= 11 is 6.21. The van der Waals surface area contributed by atoms with Crippen molar-refractivity contribution in [3.05, 3.63) is 58.6 Å². The van der Waals surface area contributed by atoms with Crippen LogP contribution in [0.2, 0.25) is 5.02 Å². The Hall–Kier alpha value is -2.73. The van der Waals surface area contributed by atoms with Gasteiger partial charge in [-0.1, -0.05) is 37.6 Å². The van der Waals surface area contributed by atoms with E-state index < -0.39 is 0 Å². The maximum Gasteiger partial charge on any atom is 0.252 e. The van der Waals surface area contributed by atoms with Gasteiger partial charge in [-0.2, -0.15) is 0 Å². The van der Waals surface area contributed by atoms with E-state index in [1.807, 2.05) is 45.0 Å². The lowest BCUT2D eigenvalue weighted by molar-refractivity contribution is -0.119. The molecule has 0 bridgehead atoms. The maximum absolute atomic E-state index is 12.1. The second kappa shape index (κ2) is 11.3. The lowest BCUT2D eigenvalue weighted by atomic mass is 10.1. The van der Waals surface area contributed by atoms with E-state index in [4.69, 9.17) is 16.3 Å². The molecule has 0 heterocycles. The van der Waals surface area contributed by atoms with Gasteiger partial charge in [-0.15, -0.1) is 0 Å². The number of rotatable bonds is 10. The number of aryl methyl sites for hydroxylation is 1. The Morgan fingerprint density at radius 2 is 1.90 bits per heavy atom. The third-order valence-electron chi connectivity index (χ3n) is 4.02. The minimum Gasteiger partial charge on any atom is -0.492 e. The van der Waals surface area contributed by atoms with Crippen molar-refractivity contribution in [3.8, 4) is 5.75 Å². The number of halogens is 1. The third-order valence-corrected chi connectivity index (χ3v) is 4.33. The van der Waals surface area contributed by atoms with Gasteiger partial charge in [0.15, 0.2) is 0 Å². The van der Waals surface area contributed by atoms with Gasteiger partial charge < -0.3 is 20.7 Å². The summed E-state index contributed by atoms with van der Waals surface area (Å²) in [5, 5.41) is 8.95. The highest BCUT2D eigenvalue weighted by atomic mass is 35.5. The average molecular weight is 418 g/mol. The molecule has 2 amide bonds. The van der Waals surface area contributed by atoms with Crippen LogP contribution in [0.25, 0.3) is 0 Å². The van der Waals surface area contributed by atoms with Crippen LogP contribution in [0, 0.1) is 12.8 Å². The summed E-state index contributed by atoms with van der Waals surface area (Å²) in [5.41, 5.74) is 2.20. The van der Waals surface area contributed by atoms with Crippen LogP contribution in [0.4, 0.5) is 5.69 Å². The maximum atomic E-state index is 12.1. The first-order valence-electron chi connectivity index (χ1n) is 9.63. The van der Waals surface area contributed by atoms with Gasteiger partial charge in [-0.25, -0.2) is 0 Å². The normalized spacial score (nSPS) is 10.5. The highest BCUT2D eigenvalue weighted by Crippen LogP contribution is 2.21. The van der Waals surface area contributed by atoms with Crippen molar-refractivity contribution in [2.24, 2.45) is 5.92 Å². The van der Waals surface area contributed by atoms with E-state index in [1.54, 1.807) is 18.2 Å². The molecule has 2 aromatic rings. The van der Waals surface area contributed by atoms with E-state index in [-0.39, 0.29) is 18.4 Å². The summed E-state index contributed by atoms with van der Waals surface area (Å²) in [6, 6.07) is 12.8. The van der Waals surface area contributed by atoms with Crippen LogP contribution < -0.4 is 20.7 Å². The molecule has 0 saturated heterocycles. The van der Waals surface area contributed by atoms with Gasteiger partial charge in [-0.05, 0) is 48.7 Å². The third kappa shape index (κ3) is 8.03. The zero-order chi connectivity index (χ0) is 21.2. The number of nitrogens with one attached hydrogen (secondary N) is 3. The quantitative estimate of drug-likeness (QED) is 0.515. The number of carbonyl (C=O) groups excluding carboxylic acids is 2. The first-order valence-corrected chi connectivity index (χ1v) is 10.0. The molecule has 156 valence electrons. The monoisotopic (exact) mass is 417 g/mol. The van der Waals surface area contributed by atoms with Crippen molar-refractivity contribution in [2.45, 2.75) is 20.8 Å². The van der Waals surface area contributed by atoms with Crippen LogP contribution in [0.1, 0.15) is 29.8 Å². The van der Waals surface area contributed by atoms with Crippen molar-refractivity contribution < 1.29 is 14.3 Å². The Kier molecular flexibility index (Phi) is 8.80. The van der Waals surface area contributed by atoms with Gasteiger partial charge in [0.1, 0.15) is 12.4 Å². The largest absolute Gasteiger partial charge is 0.492 e. The fourth-order valence-corrected chi connectivity index (χ4v) is 2.78. The highest BCUT2D eigenvalue weighted by Gasteiger charge is 2.11. The van der Waals surface area contributed by atoms with E-state index in [0.29, 0.717) is 41.9 Å². The van der Waals surface area contributed by atoms with E-state index in [1.165, 1.54) is 0 Å². The second-order valence-electron chi connectivity index (χ2n) is 7.17. The van der Waals surface area contributed by atoms with Crippen LogP contribution >= 0.6 is 11.6 Å². The van der Waals surface area contributed by atoms with Crippen molar-refractivity contribution in [2.75, 3.05) is 31.6 Å². The molecule has 0 aliphatic carbocycles. The molecule has 0 spiro atoms. The van der Waals surface area contributed by atoms with Gasteiger partial charge in [0.25, 0.3) is 5.91 Å². The molecular formula is C22H28ClN3O3. The molecule has 0 unspecified atom stereocenters. The summed E-state index contributed by atoms with van der Waals surface area (Å²) in [6.07, 6.45) is 0. The molecular weight excluding hydrogens is 390 g/mol. The second-order valence-corrected chi connectivity index (χ2v) is 7.57. The topological polar surface area (TPSA) is 79.5 Å². The van der Waals surface area contributed by atoms with Crippen LogP contribution in [-0.2, 0) is 4.79 Å². The van der Waals surface area contributed by atoms with Crippen molar-refractivity contribution in [1.82, 2.24) is 10.6 Å². The summed E-state index contributed by atoms with van der Waals surface area (Å²) < 4.78 is 5.60. The first-order chi connectivity index (χ1) is 13.8. The lowest BCUT2D eigenvalue weighted by Crippen LogP contribution is -2.33. The summed E-state index contributed by atoms with van der Waals surface area (Å²) in [4.78, 5) is 24.1. The summed E-state index contributed by atoms with van der Waals surface area (Å²) in [7, 11) is 0. The minimum absolute atomic E-state index is 0.0969. The molecule has 0 aromatic heterocycles. The fraction of sp³-hybridized carbons (Fsp3) is 0.364. The van der Waals surface area contributed by atoms with Gasteiger partial charge >= 0.3 is 0 Å². The van der Waals surface area contributed by atoms with E-state index >= 15 is 0 Å². The zero-order valence-corrected chi connectivity index (χ0v) is 17.8. The number of benzene rings is 2. The van der Waals surface area contributed by atoms with Gasteiger partial charge in [0.05, 0.1) is 23.7 Å². The SMILES string of the molecule is Cc1cccc(OCCNC(=O)CNc2ccc(C(=O)NCC(C)C)c(Cl)c2)c1. The molecule has 0 aliphatic rings. The Labute approximate surface area is 177 Å². The summed E-state index contributed by atoms with van der Waals surface area (Å²) in [6.45, 7) is 7.52. The number of amides is 2. The Bertz CT molecular complexity index is 840. The molecule has 0 atom stereocenters. The Balaban J connectivity index is 1.72. The number of carbonyl (C=O) groups is 2. The molecule has 0 radical (unpaired) electrons. The van der Waals surface area contributed by atoms with Crippen molar-refractivity contribution in [3.63, 3.8) is 0 Å². The first kappa shape index (κ1) is 22.6. The van der Waals surface area contributed by atoms with Crippen LogP contribution in [-0.4, -0.2) is 38.1 Å². The van der Waals surface area contributed by atoms with Crippen LogP contribution in [0.3, 0.4) is 0 Å². The molecule has 0 aliphatic heterocycles. The average Bonchev–Trinajstić information content (AvgIpc) is 2.68. The van der Waals surface area contributed by atoms with Crippen molar-refractivity contribution in [1.29, 1.82) is 0 Å². The standard InChI is InChI=1S/C22H28ClN3O3/c1-15(2)13-26-22(28)19-8-7-17(12-20(19)23)25-14-21(27)24-9-10-29-18-6-4-5-16(3)11-18/h4-8,11-12,15,25H,9-10,13-14H2,1-3H3,(H,24,27)(H,26,28). The van der Waals surface area contributed by atoms with E-state index in [9.17, 15) is 9.59 Å². The predicted octanol–water partition coefficient (Wildman–Crippen LogP) is 3.64. The molecule has 7 heteroatoms. The molecule has 0 fully saturated rings. The number of hydrogen-bond donors (Lipinski definition) is 3. The van der Waals surface area contributed by atoms with Crippen LogP contribution in [0.15, 0.2) is 42.5 Å². The van der Waals surface area contributed by atoms with Crippen molar-refractivity contribution >= 4 is 29.1 Å². The molecule has 29 heavy (non-hydrogen) atoms. The molecule has 2 aromatic carbocycles. The van der Waals surface area contributed by atoms with E-state index in [2.05, 4.69) is 16.0 Å². The number of hydrogen-bond acceptors (Lipinski definition) is 4. The van der Waals surface area contributed by atoms with Crippen LogP contribution in [0.5, 0.6) is 5.75 Å². The molecule has 2 rings (SSSR count). The molecule has 3 N–H and O–H groups in total. The smallest absolute Gasteiger partial charge is 0.252 e. The Morgan fingerprint density at radius 1 is 1.10 bits per heavy atom. The minimum atomic E-state index is -0.207. The lowest BCUT2D eigenvalue weighted by Gasteiger charge is -2.12. The molecule has 6 nitrogen and oxygen atoms in total. The summed E-state index contributed by atoms with van der Waals surface area (Å²) in [5.74, 6) is 0.776. The van der Waals surface area contributed by atoms with Gasteiger partial charge in [0, 0.05) is 12.2 Å².